The summed E-state index contributed by atoms with van der Waals surface area (Å²) in [6, 6.07) is 19.1. The van der Waals surface area contributed by atoms with E-state index in [4.69, 9.17) is 4.74 Å². The molecule has 1 unspecified atom stereocenters. The van der Waals surface area contributed by atoms with Crippen LogP contribution in [0.1, 0.15) is 28.9 Å². The van der Waals surface area contributed by atoms with Gasteiger partial charge in [0, 0.05) is 0 Å². The molecule has 0 heterocycles. The molecule has 0 N–H and O–H groups in total. The van der Waals surface area contributed by atoms with Crippen LogP contribution in [0.25, 0.3) is 0 Å². The van der Waals surface area contributed by atoms with E-state index in [0.717, 1.165) is 23.1 Å². The van der Waals surface area contributed by atoms with E-state index in [1.165, 1.54) is 0 Å². The highest BCUT2D eigenvalue weighted by Crippen LogP contribution is 2.22. The lowest BCUT2D eigenvalue weighted by atomic mass is 10.1. The van der Waals surface area contributed by atoms with Crippen molar-refractivity contribution in [2.24, 2.45) is 0 Å². The van der Waals surface area contributed by atoms with Gasteiger partial charge >= 0.3 is 5.97 Å². The highest BCUT2D eigenvalue weighted by Gasteiger charge is 2.25. The number of esters is 1. The van der Waals surface area contributed by atoms with Crippen molar-refractivity contribution >= 4 is 5.97 Å². The second-order valence-corrected chi connectivity index (χ2v) is 6.11. The van der Waals surface area contributed by atoms with Gasteiger partial charge in [0.05, 0.1) is 26.2 Å². The number of likely N-dealkylation sites (N-methyl/N-ethyl adjacent to an activating group) is 1. The molecule has 0 aromatic heterocycles. The summed E-state index contributed by atoms with van der Waals surface area (Å²) in [6.45, 7) is 3.87. The SMILES string of the molecule is CC[N+](C)(C)CC(OC(=O)c1ccccc1)c1ccccc1.[I-]. The molecule has 2 aromatic rings. The summed E-state index contributed by atoms with van der Waals surface area (Å²) in [4.78, 5) is 12.4. The van der Waals surface area contributed by atoms with Gasteiger partial charge in [-0.25, -0.2) is 4.79 Å². The largest absolute Gasteiger partial charge is 1.00 e. The van der Waals surface area contributed by atoms with Crippen LogP contribution in [0.2, 0.25) is 0 Å². The fourth-order valence-corrected chi connectivity index (χ4v) is 2.23. The van der Waals surface area contributed by atoms with Crippen LogP contribution < -0.4 is 24.0 Å². The van der Waals surface area contributed by atoms with Gasteiger partial charge in [-0.1, -0.05) is 48.5 Å². The number of nitrogens with zero attached hydrogens (tertiary/aromatic N) is 1. The molecule has 1 atom stereocenters. The Morgan fingerprint density at radius 3 is 2.04 bits per heavy atom. The van der Waals surface area contributed by atoms with Crippen LogP contribution in [0, 0.1) is 0 Å². The average Bonchev–Trinajstić information content (AvgIpc) is 2.55. The first-order chi connectivity index (χ1) is 10.5. The van der Waals surface area contributed by atoms with Gasteiger partial charge in [-0.3, -0.25) is 0 Å². The summed E-state index contributed by atoms with van der Waals surface area (Å²) in [6.07, 6.45) is -0.246. The zero-order valence-corrected chi connectivity index (χ0v) is 16.1. The molecule has 0 aliphatic carbocycles. The molecule has 0 aliphatic rings. The van der Waals surface area contributed by atoms with Gasteiger partial charge in [-0.05, 0) is 24.6 Å². The number of hydrogen-bond acceptors (Lipinski definition) is 2. The van der Waals surface area contributed by atoms with Gasteiger partial charge in [0.25, 0.3) is 0 Å². The topological polar surface area (TPSA) is 26.3 Å². The molecule has 0 amide bonds. The molecule has 2 rings (SSSR count). The van der Waals surface area contributed by atoms with E-state index in [1.807, 2.05) is 48.5 Å². The lowest BCUT2D eigenvalue weighted by molar-refractivity contribution is -0.892. The Hall–Kier alpha value is -1.40. The molecular weight excluding hydrogens is 401 g/mol. The summed E-state index contributed by atoms with van der Waals surface area (Å²) >= 11 is 0. The van der Waals surface area contributed by atoms with Gasteiger partial charge in [0.15, 0.2) is 6.10 Å². The molecule has 3 nitrogen and oxygen atoms in total. The van der Waals surface area contributed by atoms with Gasteiger partial charge in [0.1, 0.15) is 6.54 Å². The Morgan fingerprint density at radius 1 is 1.00 bits per heavy atom. The highest BCUT2D eigenvalue weighted by molar-refractivity contribution is 5.89. The van der Waals surface area contributed by atoms with Crippen LogP contribution >= 0.6 is 0 Å². The summed E-state index contributed by atoms with van der Waals surface area (Å²) in [5.41, 5.74) is 1.62. The smallest absolute Gasteiger partial charge is 0.338 e. The van der Waals surface area contributed by atoms with E-state index in [2.05, 4.69) is 21.0 Å². The van der Waals surface area contributed by atoms with Crippen molar-refractivity contribution in [1.29, 1.82) is 0 Å². The van der Waals surface area contributed by atoms with E-state index < -0.39 is 0 Å². The van der Waals surface area contributed by atoms with Crippen LogP contribution in [-0.4, -0.2) is 37.6 Å². The highest BCUT2D eigenvalue weighted by atomic mass is 127. The Labute approximate surface area is 155 Å². The fourth-order valence-electron chi connectivity index (χ4n) is 2.23. The first-order valence-corrected chi connectivity index (χ1v) is 7.65. The first kappa shape index (κ1) is 19.6. The van der Waals surface area contributed by atoms with Gasteiger partial charge < -0.3 is 33.2 Å². The maximum atomic E-state index is 12.4. The predicted molar refractivity (Wildman–Crippen MR) is 88.6 cm³/mol. The summed E-state index contributed by atoms with van der Waals surface area (Å²) < 4.78 is 6.60. The molecule has 23 heavy (non-hydrogen) atoms. The van der Waals surface area contributed by atoms with E-state index in [9.17, 15) is 4.79 Å². The van der Waals surface area contributed by atoms with Crippen LogP contribution in [0.15, 0.2) is 60.7 Å². The molecule has 2 aromatic carbocycles. The van der Waals surface area contributed by atoms with Gasteiger partial charge in [0.2, 0.25) is 0 Å². The number of quaternary nitrogens is 1. The van der Waals surface area contributed by atoms with Crippen LogP contribution in [-0.2, 0) is 4.74 Å². The minimum Gasteiger partial charge on any atom is -1.00 e. The first-order valence-electron chi connectivity index (χ1n) is 7.65. The van der Waals surface area contributed by atoms with Crippen molar-refractivity contribution in [1.82, 2.24) is 0 Å². The Bertz CT molecular complexity index is 599. The molecular formula is C19H24INO2. The minimum atomic E-state index is -0.273. The molecule has 0 spiro atoms. The molecule has 0 saturated heterocycles. The van der Waals surface area contributed by atoms with Gasteiger partial charge in [-0.2, -0.15) is 0 Å². The molecule has 0 aliphatic heterocycles. The van der Waals surface area contributed by atoms with Crippen molar-refractivity contribution in [2.45, 2.75) is 13.0 Å². The summed E-state index contributed by atoms with van der Waals surface area (Å²) in [5.74, 6) is -0.273. The number of hydrogen-bond donors (Lipinski definition) is 0. The molecule has 0 saturated carbocycles. The quantitative estimate of drug-likeness (QED) is 0.387. The normalized spacial score (nSPS) is 12.1. The summed E-state index contributed by atoms with van der Waals surface area (Å²) in [7, 11) is 4.29. The van der Waals surface area contributed by atoms with Crippen molar-refractivity contribution < 1.29 is 38.0 Å². The Morgan fingerprint density at radius 2 is 1.52 bits per heavy atom. The number of benzene rings is 2. The van der Waals surface area contributed by atoms with Crippen LogP contribution in [0.3, 0.4) is 0 Å². The number of rotatable bonds is 6. The van der Waals surface area contributed by atoms with Crippen molar-refractivity contribution in [3.63, 3.8) is 0 Å². The average molecular weight is 425 g/mol. The minimum absolute atomic E-state index is 0. The Balaban J connectivity index is 0.00000264. The third-order valence-corrected chi connectivity index (χ3v) is 3.95. The molecule has 0 radical (unpaired) electrons. The predicted octanol–water partition coefficient (Wildman–Crippen LogP) is 0.685. The van der Waals surface area contributed by atoms with Crippen molar-refractivity contribution in [3.8, 4) is 0 Å². The van der Waals surface area contributed by atoms with Gasteiger partial charge in [-0.15, -0.1) is 0 Å². The molecule has 124 valence electrons. The molecule has 4 heteroatoms. The van der Waals surface area contributed by atoms with E-state index >= 15 is 0 Å². The second kappa shape index (κ2) is 9.03. The van der Waals surface area contributed by atoms with E-state index in [1.54, 1.807) is 12.1 Å². The van der Waals surface area contributed by atoms with Crippen LogP contribution in [0.5, 0.6) is 0 Å². The van der Waals surface area contributed by atoms with E-state index in [-0.39, 0.29) is 36.0 Å². The fraction of sp³-hybridized carbons (Fsp3) is 0.316. The molecule has 0 fully saturated rings. The lowest BCUT2D eigenvalue weighted by Gasteiger charge is -2.32. The lowest BCUT2D eigenvalue weighted by Crippen LogP contribution is -3.00. The van der Waals surface area contributed by atoms with E-state index in [0.29, 0.717) is 5.56 Å². The number of carbonyl (C=O) groups excluding carboxylic acids is 1. The Kier molecular flexibility index (Phi) is 7.72. The number of halogens is 1. The monoisotopic (exact) mass is 425 g/mol. The third kappa shape index (κ3) is 5.95. The maximum Gasteiger partial charge on any atom is 0.338 e. The second-order valence-electron chi connectivity index (χ2n) is 6.11. The molecule has 0 bridgehead atoms. The van der Waals surface area contributed by atoms with Crippen LogP contribution in [0.4, 0.5) is 0 Å². The van der Waals surface area contributed by atoms with Crippen molar-refractivity contribution in [2.75, 3.05) is 27.2 Å². The number of carbonyl (C=O) groups is 1. The zero-order chi connectivity index (χ0) is 16.0. The number of ether oxygens (including phenoxy) is 1. The standard InChI is InChI=1S/C19H24NO2.HI/c1-4-20(2,3)15-18(16-11-7-5-8-12-16)22-19(21)17-13-9-6-10-14-17;/h5-14,18H,4,15H2,1-3H3;1H/q+1;/p-1. The maximum absolute atomic E-state index is 12.4. The summed E-state index contributed by atoms with van der Waals surface area (Å²) in [5, 5.41) is 0. The van der Waals surface area contributed by atoms with Crippen molar-refractivity contribution in [3.05, 3.63) is 71.8 Å². The third-order valence-electron chi connectivity index (χ3n) is 3.95. The zero-order valence-electron chi connectivity index (χ0n) is 13.9.